The van der Waals surface area contributed by atoms with E-state index in [1.807, 2.05) is 16.8 Å². The van der Waals surface area contributed by atoms with Crippen LogP contribution in [0.25, 0.3) is 10.9 Å². The second kappa shape index (κ2) is 3.48. The Balaban J connectivity index is 2.08. The number of benzene rings is 1. The largest absolute Gasteiger partial charge is 0.359 e. The molecule has 1 aromatic carbocycles. The van der Waals surface area contributed by atoms with Crippen LogP contribution in [0.5, 0.6) is 0 Å². The molecule has 0 N–H and O–H groups in total. The summed E-state index contributed by atoms with van der Waals surface area (Å²) in [5.74, 6) is 0.551. The van der Waals surface area contributed by atoms with Gasteiger partial charge in [0.2, 0.25) is 0 Å². The normalized spacial score (nSPS) is 11.1. The van der Waals surface area contributed by atoms with Gasteiger partial charge in [-0.05, 0) is 18.2 Å². The van der Waals surface area contributed by atoms with Gasteiger partial charge in [-0.25, -0.2) is 4.39 Å². The lowest BCUT2D eigenvalue weighted by molar-refractivity contribution is 0.378. The minimum Gasteiger partial charge on any atom is -0.359 e. The van der Waals surface area contributed by atoms with Crippen LogP contribution in [0.3, 0.4) is 0 Å². The minimum atomic E-state index is -0.200. The summed E-state index contributed by atoms with van der Waals surface area (Å²) in [6.45, 7) is 0.562. The van der Waals surface area contributed by atoms with Gasteiger partial charge in [0.15, 0.2) is 5.76 Å². The zero-order valence-corrected chi connectivity index (χ0v) is 8.43. The molecule has 0 aliphatic rings. The number of hydrogen-bond acceptors (Lipinski definition) is 2. The molecule has 3 aromatic rings. The van der Waals surface area contributed by atoms with Crippen molar-refractivity contribution in [2.45, 2.75) is 6.54 Å². The number of fused-ring (bicyclic) bond motifs is 1. The van der Waals surface area contributed by atoms with E-state index >= 15 is 0 Å². The summed E-state index contributed by atoms with van der Waals surface area (Å²) in [7, 11) is 0. The van der Waals surface area contributed by atoms with E-state index in [2.05, 4.69) is 5.16 Å². The maximum atomic E-state index is 13.4. The lowest BCUT2D eigenvalue weighted by atomic mass is 10.2. The quantitative estimate of drug-likeness (QED) is 0.659. The van der Waals surface area contributed by atoms with E-state index in [1.54, 1.807) is 24.4 Å². The van der Waals surface area contributed by atoms with Crippen molar-refractivity contribution in [3.8, 4) is 0 Å². The van der Waals surface area contributed by atoms with Gasteiger partial charge in [0.05, 0.1) is 18.3 Å². The summed E-state index contributed by atoms with van der Waals surface area (Å²) in [5.41, 5.74) is 0.858. The Morgan fingerprint density at radius 3 is 3.00 bits per heavy atom. The molecule has 2 heterocycles. The van der Waals surface area contributed by atoms with Crippen molar-refractivity contribution in [1.82, 2.24) is 9.72 Å². The predicted molar refractivity (Wildman–Crippen MR) is 57.5 cm³/mol. The van der Waals surface area contributed by atoms with E-state index in [1.165, 1.54) is 6.07 Å². The first-order valence-electron chi connectivity index (χ1n) is 4.97. The van der Waals surface area contributed by atoms with Gasteiger partial charge in [-0.1, -0.05) is 11.2 Å². The van der Waals surface area contributed by atoms with Crippen molar-refractivity contribution in [3.63, 3.8) is 0 Å². The molecule has 16 heavy (non-hydrogen) atoms. The molecule has 0 saturated heterocycles. The molecule has 3 nitrogen and oxygen atoms in total. The fourth-order valence-electron chi connectivity index (χ4n) is 1.82. The third kappa shape index (κ3) is 1.39. The molecule has 0 radical (unpaired) electrons. The van der Waals surface area contributed by atoms with Crippen LogP contribution >= 0.6 is 0 Å². The average molecular weight is 216 g/mol. The van der Waals surface area contributed by atoms with Crippen LogP contribution in [0.2, 0.25) is 0 Å². The molecule has 4 heteroatoms. The summed E-state index contributed by atoms with van der Waals surface area (Å²) < 4.78 is 20.4. The molecule has 3 rings (SSSR count). The Morgan fingerprint density at radius 1 is 1.25 bits per heavy atom. The number of halogens is 1. The monoisotopic (exact) mass is 216 g/mol. The lowest BCUT2D eigenvalue weighted by Gasteiger charge is -2.01. The Hall–Kier alpha value is -2.10. The van der Waals surface area contributed by atoms with Gasteiger partial charge < -0.3 is 9.09 Å². The van der Waals surface area contributed by atoms with E-state index in [4.69, 9.17) is 4.52 Å². The zero-order chi connectivity index (χ0) is 11.0. The highest BCUT2D eigenvalue weighted by Gasteiger charge is 2.06. The fourth-order valence-corrected chi connectivity index (χ4v) is 1.82. The molecular formula is C12H9FN2O. The predicted octanol–water partition coefficient (Wildman–Crippen LogP) is 2.82. The molecule has 0 aliphatic heterocycles. The van der Waals surface area contributed by atoms with Gasteiger partial charge >= 0.3 is 0 Å². The Bertz CT molecular complexity index is 613. The molecule has 0 amide bonds. The first kappa shape index (κ1) is 9.15. The molecule has 2 aromatic heterocycles. The van der Waals surface area contributed by atoms with Gasteiger partial charge in [0, 0.05) is 17.6 Å². The number of hydrogen-bond donors (Lipinski definition) is 0. The summed E-state index contributed by atoms with van der Waals surface area (Å²) in [5, 5.41) is 4.26. The Morgan fingerprint density at radius 2 is 2.19 bits per heavy atom. The Kier molecular flexibility index (Phi) is 1.99. The first-order chi connectivity index (χ1) is 7.84. The zero-order valence-electron chi connectivity index (χ0n) is 8.43. The summed E-state index contributed by atoms with van der Waals surface area (Å²) in [4.78, 5) is 0. The van der Waals surface area contributed by atoms with E-state index in [9.17, 15) is 4.39 Å². The topological polar surface area (TPSA) is 31.0 Å². The van der Waals surface area contributed by atoms with Crippen LogP contribution in [-0.4, -0.2) is 9.72 Å². The van der Waals surface area contributed by atoms with Gasteiger partial charge in [-0.2, -0.15) is 0 Å². The van der Waals surface area contributed by atoms with Crippen molar-refractivity contribution in [3.05, 3.63) is 54.3 Å². The smallest absolute Gasteiger partial charge is 0.156 e. The summed E-state index contributed by atoms with van der Waals surface area (Å²) >= 11 is 0. The third-order valence-electron chi connectivity index (χ3n) is 2.58. The third-order valence-corrected chi connectivity index (χ3v) is 2.58. The van der Waals surface area contributed by atoms with Gasteiger partial charge in [-0.3, -0.25) is 0 Å². The summed E-state index contributed by atoms with van der Waals surface area (Å²) in [6.07, 6.45) is 3.44. The molecule has 0 bridgehead atoms. The summed E-state index contributed by atoms with van der Waals surface area (Å²) in [6, 6.07) is 8.61. The molecule has 0 atom stereocenters. The van der Waals surface area contributed by atoms with Crippen LogP contribution < -0.4 is 0 Å². The van der Waals surface area contributed by atoms with E-state index in [0.29, 0.717) is 11.9 Å². The molecular weight excluding hydrogens is 207 g/mol. The number of rotatable bonds is 2. The maximum Gasteiger partial charge on any atom is 0.156 e. The van der Waals surface area contributed by atoms with E-state index in [0.717, 1.165) is 11.3 Å². The van der Waals surface area contributed by atoms with Crippen molar-refractivity contribution < 1.29 is 8.91 Å². The molecule has 80 valence electrons. The molecule has 0 unspecified atom stereocenters. The second-order valence-electron chi connectivity index (χ2n) is 3.60. The standard InChI is InChI=1S/C12H9FN2O/c13-11-2-1-3-12-10(11)5-7-15(12)8-9-4-6-14-16-9/h1-7H,8H2. The second-order valence-corrected chi connectivity index (χ2v) is 3.60. The van der Waals surface area contributed by atoms with Crippen molar-refractivity contribution >= 4 is 10.9 Å². The first-order valence-corrected chi connectivity index (χ1v) is 4.97. The van der Waals surface area contributed by atoms with Crippen LogP contribution in [-0.2, 0) is 6.54 Å². The lowest BCUT2D eigenvalue weighted by Crippen LogP contribution is -1.96. The maximum absolute atomic E-state index is 13.4. The molecule has 0 saturated carbocycles. The van der Waals surface area contributed by atoms with Crippen molar-refractivity contribution in [2.24, 2.45) is 0 Å². The van der Waals surface area contributed by atoms with E-state index < -0.39 is 0 Å². The van der Waals surface area contributed by atoms with Crippen LogP contribution in [0.15, 0.2) is 47.2 Å². The van der Waals surface area contributed by atoms with Crippen LogP contribution in [0.1, 0.15) is 5.76 Å². The van der Waals surface area contributed by atoms with Crippen LogP contribution in [0.4, 0.5) is 4.39 Å². The minimum absolute atomic E-state index is 0.200. The highest BCUT2D eigenvalue weighted by Crippen LogP contribution is 2.19. The van der Waals surface area contributed by atoms with Gasteiger partial charge in [0.25, 0.3) is 0 Å². The fraction of sp³-hybridized carbons (Fsp3) is 0.0833. The molecule has 0 fully saturated rings. The van der Waals surface area contributed by atoms with Gasteiger partial charge in [0.1, 0.15) is 5.82 Å². The van der Waals surface area contributed by atoms with E-state index in [-0.39, 0.29) is 5.82 Å². The average Bonchev–Trinajstić information content (AvgIpc) is 2.90. The highest BCUT2D eigenvalue weighted by molar-refractivity contribution is 5.80. The highest BCUT2D eigenvalue weighted by atomic mass is 19.1. The van der Waals surface area contributed by atoms with Crippen molar-refractivity contribution in [2.75, 3.05) is 0 Å². The Labute approximate surface area is 91.1 Å². The molecule has 0 aliphatic carbocycles. The number of nitrogens with zero attached hydrogens (tertiary/aromatic N) is 2. The SMILES string of the molecule is Fc1cccc2c1ccn2Cc1ccno1. The van der Waals surface area contributed by atoms with Crippen LogP contribution in [0, 0.1) is 5.82 Å². The van der Waals surface area contributed by atoms with Crippen molar-refractivity contribution in [1.29, 1.82) is 0 Å². The van der Waals surface area contributed by atoms with Gasteiger partial charge in [-0.15, -0.1) is 0 Å². The number of aromatic nitrogens is 2. The molecule has 0 spiro atoms.